The van der Waals surface area contributed by atoms with Gasteiger partial charge in [0.25, 0.3) is 0 Å². The summed E-state index contributed by atoms with van der Waals surface area (Å²) in [4.78, 5) is 36.1. The average molecular weight is 399 g/mol. The predicted molar refractivity (Wildman–Crippen MR) is 99.9 cm³/mol. The highest BCUT2D eigenvalue weighted by atomic mass is 16.5. The molecule has 0 saturated carbocycles. The largest absolute Gasteiger partial charge is 0.490 e. The molecule has 1 unspecified atom stereocenters. The van der Waals surface area contributed by atoms with E-state index in [0.29, 0.717) is 18.0 Å². The molecule has 4 rings (SSSR count). The molecule has 1 atom stereocenters. The Morgan fingerprint density at radius 3 is 3.03 bits per heavy atom. The number of carbonyl (C=O) groups excluding carboxylic acids is 3. The lowest BCUT2D eigenvalue weighted by Crippen LogP contribution is -2.49. The van der Waals surface area contributed by atoms with Gasteiger partial charge in [0.1, 0.15) is 24.2 Å². The summed E-state index contributed by atoms with van der Waals surface area (Å²) in [5, 5.41) is 6.16. The predicted octanol–water partition coefficient (Wildman–Crippen LogP) is 2.04. The fraction of sp³-hybridized carbons (Fsp3) is 0.400. The van der Waals surface area contributed by atoms with Crippen molar-refractivity contribution in [3.63, 3.8) is 0 Å². The van der Waals surface area contributed by atoms with Crippen LogP contribution >= 0.6 is 0 Å². The minimum atomic E-state index is -0.482. The molecule has 0 spiro atoms. The maximum Gasteiger partial charge on any atom is 0.324 e. The van der Waals surface area contributed by atoms with Crippen molar-refractivity contribution >= 4 is 17.9 Å². The van der Waals surface area contributed by atoms with Gasteiger partial charge in [-0.3, -0.25) is 14.9 Å². The standard InChI is InChI=1S/C20H21N3O6/c1-12-8-14-9-13(2-3-16(14)28-12)17-10-15(22-29-17)11-27-19(25)5-7-23-6-4-18(24)21-20(23)26/h2-3,9-10,12H,4-8,11H2,1H3,(H,21,24,26). The molecule has 0 radical (unpaired) electrons. The first-order valence-electron chi connectivity index (χ1n) is 9.48. The second-order valence-corrected chi connectivity index (χ2v) is 7.14. The number of imide groups is 1. The molecule has 0 aliphatic carbocycles. The third kappa shape index (κ3) is 4.39. The van der Waals surface area contributed by atoms with E-state index in [9.17, 15) is 14.4 Å². The van der Waals surface area contributed by atoms with Gasteiger partial charge in [-0.2, -0.15) is 0 Å². The highest BCUT2D eigenvalue weighted by Gasteiger charge is 2.23. The van der Waals surface area contributed by atoms with Crippen molar-refractivity contribution in [3.05, 3.63) is 35.5 Å². The number of nitrogens with one attached hydrogen (secondary N) is 1. The molecule has 3 heterocycles. The van der Waals surface area contributed by atoms with Gasteiger partial charge in [0.05, 0.1) is 6.42 Å². The van der Waals surface area contributed by atoms with Crippen LogP contribution in [0.15, 0.2) is 28.8 Å². The Kier molecular flexibility index (Phi) is 5.20. The number of hydrogen-bond donors (Lipinski definition) is 1. The Labute approximate surface area is 166 Å². The molecule has 152 valence electrons. The first kappa shape index (κ1) is 19.0. The van der Waals surface area contributed by atoms with Crippen LogP contribution in [0.2, 0.25) is 0 Å². The minimum Gasteiger partial charge on any atom is -0.490 e. The van der Waals surface area contributed by atoms with E-state index in [1.807, 2.05) is 25.1 Å². The van der Waals surface area contributed by atoms with Crippen molar-refractivity contribution in [1.29, 1.82) is 0 Å². The molecular formula is C20H21N3O6. The number of nitrogens with zero attached hydrogens (tertiary/aromatic N) is 2. The number of hydrogen-bond acceptors (Lipinski definition) is 7. The van der Waals surface area contributed by atoms with Crippen LogP contribution < -0.4 is 10.1 Å². The third-order valence-corrected chi connectivity index (χ3v) is 4.85. The maximum absolute atomic E-state index is 11.9. The number of carbonyl (C=O) groups is 3. The molecule has 9 nitrogen and oxygen atoms in total. The van der Waals surface area contributed by atoms with Gasteiger partial charge in [0.2, 0.25) is 5.91 Å². The number of benzene rings is 1. The third-order valence-electron chi connectivity index (χ3n) is 4.85. The van der Waals surface area contributed by atoms with Crippen LogP contribution in [0.1, 0.15) is 31.0 Å². The summed E-state index contributed by atoms with van der Waals surface area (Å²) in [5.41, 5.74) is 2.51. The van der Waals surface area contributed by atoms with Crippen LogP contribution in [-0.4, -0.2) is 47.2 Å². The van der Waals surface area contributed by atoms with E-state index in [2.05, 4.69) is 10.5 Å². The van der Waals surface area contributed by atoms with Gasteiger partial charge >= 0.3 is 12.0 Å². The number of esters is 1. The Hall–Kier alpha value is -3.36. The highest BCUT2D eigenvalue weighted by Crippen LogP contribution is 2.33. The van der Waals surface area contributed by atoms with Gasteiger partial charge in [-0.05, 0) is 30.7 Å². The topological polar surface area (TPSA) is 111 Å². The molecule has 0 bridgehead atoms. The number of urea groups is 1. The summed E-state index contributed by atoms with van der Waals surface area (Å²) >= 11 is 0. The maximum atomic E-state index is 11.9. The van der Waals surface area contributed by atoms with Crippen LogP contribution in [0.3, 0.4) is 0 Å². The lowest BCUT2D eigenvalue weighted by molar-refractivity contribution is -0.145. The molecule has 29 heavy (non-hydrogen) atoms. The van der Waals surface area contributed by atoms with Gasteiger partial charge in [-0.1, -0.05) is 5.16 Å². The normalized spacial score (nSPS) is 18.2. The van der Waals surface area contributed by atoms with Crippen LogP contribution in [0.25, 0.3) is 11.3 Å². The van der Waals surface area contributed by atoms with Gasteiger partial charge in [0.15, 0.2) is 5.76 Å². The van der Waals surface area contributed by atoms with Gasteiger partial charge in [-0.15, -0.1) is 0 Å². The molecule has 2 aliphatic heterocycles. The van der Waals surface area contributed by atoms with Crippen molar-refractivity contribution in [2.75, 3.05) is 13.1 Å². The first-order chi connectivity index (χ1) is 14.0. The first-order valence-corrected chi connectivity index (χ1v) is 9.48. The van der Waals surface area contributed by atoms with Gasteiger partial charge in [0, 0.05) is 37.6 Å². The van der Waals surface area contributed by atoms with Crippen LogP contribution in [0, 0.1) is 0 Å². The summed E-state index contributed by atoms with van der Waals surface area (Å²) in [6.07, 6.45) is 1.29. The molecule has 2 aliphatic rings. The molecule has 1 aromatic heterocycles. The van der Waals surface area contributed by atoms with Crippen molar-refractivity contribution in [2.45, 2.75) is 38.9 Å². The van der Waals surface area contributed by atoms with Gasteiger partial charge < -0.3 is 18.9 Å². The fourth-order valence-corrected chi connectivity index (χ4v) is 3.36. The highest BCUT2D eigenvalue weighted by molar-refractivity contribution is 5.96. The van der Waals surface area contributed by atoms with Crippen LogP contribution in [-0.2, 0) is 27.4 Å². The Balaban J connectivity index is 1.27. The molecule has 1 N–H and O–H groups in total. The fourth-order valence-electron chi connectivity index (χ4n) is 3.36. The molecule has 3 amide bonds. The molecule has 1 aromatic carbocycles. The molecule has 1 fully saturated rings. The summed E-state index contributed by atoms with van der Waals surface area (Å²) in [5.74, 6) is 0.721. The van der Waals surface area contributed by atoms with Crippen LogP contribution in [0.5, 0.6) is 5.75 Å². The summed E-state index contributed by atoms with van der Waals surface area (Å²) in [7, 11) is 0. The average Bonchev–Trinajstić information content (AvgIpc) is 3.30. The Morgan fingerprint density at radius 2 is 2.21 bits per heavy atom. The summed E-state index contributed by atoms with van der Waals surface area (Å²) in [6, 6.07) is 7.09. The lowest BCUT2D eigenvalue weighted by Gasteiger charge is -2.25. The van der Waals surface area contributed by atoms with E-state index < -0.39 is 12.0 Å². The van der Waals surface area contributed by atoms with E-state index >= 15 is 0 Å². The minimum absolute atomic E-state index is 0.0158. The number of amides is 3. The Bertz CT molecular complexity index is 953. The van der Waals surface area contributed by atoms with Crippen molar-refractivity contribution in [3.8, 4) is 17.1 Å². The number of aromatic nitrogens is 1. The lowest BCUT2D eigenvalue weighted by atomic mass is 10.1. The smallest absolute Gasteiger partial charge is 0.324 e. The van der Waals surface area contributed by atoms with Gasteiger partial charge in [-0.25, -0.2) is 4.79 Å². The molecule has 9 heteroatoms. The van der Waals surface area contributed by atoms with Crippen molar-refractivity contribution in [2.24, 2.45) is 0 Å². The van der Waals surface area contributed by atoms with E-state index in [-0.39, 0.29) is 38.0 Å². The molecule has 1 saturated heterocycles. The Morgan fingerprint density at radius 1 is 1.34 bits per heavy atom. The van der Waals surface area contributed by atoms with Crippen LogP contribution in [0.4, 0.5) is 4.79 Å². The summed E-state index contributed by atoms with van der Waals surface area (Å²) in [6.45, 7) is 2.50. The zero-order valence-corrected chi connectivity index (χ0v) is 16.0. The van der Waals surface area contributed by atoms with E-state index in [0.717, 1.165) is 23.3 Å². The monoisotopic (exact) mass is 399 g/mol. The second-order valence-electron chi connectivity index (χ2n) is 7.14. The van der Waals surface area contributed by atoms with E-state index in [1.165, 1.54) is 4.90 Å². The number of ether oxygens (including phenoxy) is 2. The zero-order valence-electron chi connectivity index (χ0n) is 16.0. The SMILES string of the molecule is CC1Cc2cc(-c3cc(COC(=O)CCN4CCC(=O)NC4=O)no3)ccc2O1. The van der Waals surface area contributed by atoms with E-state index in [1.54, 1.807) is 6.07 Å². The molecular weight excluding hydrogens is 378 g/mol. The van der Waals surface area contributed by atoms with Crippen molar-refractivity contribution in [1.82, 2.24) is 15.4 Å². The van der Waals surface area contributed by atoms with E-state index in [4.69, 9.17) is 14.0 Å². The zero-order chi connectivity index (χ0) is 20.4. The summed E-state index contributed by atoms with van der Waals surface area (Å²) < 4.78 is 16.3. The number of fused-ring (bicyclic) bond motifs is 1. The molecule has 2 aromatic rings. The van der Waals surface area contributed by atoms with Crippen molar-refractivity contribution < 1.29 is 28.4 Å². The quantitative estimate of drug-likeness (QED) is 0.740. The second kappa shape index (κ2) is 7.94. The number of rotatable bonds is 6.